The molecule has 176 valence electrons. The fourth-order valence-electron chi connectivity index (χ4n) is 4.02. The van der Waals surface area contributed by atoms with E-state index in [-0.39, 0.29) is 25.0 Å². The molecule has 2 aromatic carbocycles. The summed E-state index contributed by atoms with van der Waals surface area (Å²) in [5, 5.41) is 6.05. The lowest BCUT2D eigenvalue weighted by molar-refractivity contribution is -0.139. The van der Waals surface area contributed by atoms with E-state index in [1.807, 2.05) is 72.7 Å². The van der Waals surface area contributed by atoms with Crippen LogP contribution in [0.4, 0.5) is 0 Å². The summed E-state index contributed by atoms with van der Waals surface area (Å²) in [5.74, 6) is -0.562. The van der Waals surface area contributed by atoms with Gasteiger partial charge in [0.1, 0.15) is 0 Å². The third-order valence-electron chi connectivity index (χ3n) is 5.34. The van der Waals surface area contributed by atoms with Crippen LogP contribution in [-0.4, -0.2) is 34.6 Å². The van der Waals surface area contributed by atoms with Crippen molar-refractivity contribution in [3.63, 3.8) is 0 Å². The van der Waals surface area contributed by atoms with Gasteiger partial charge in [0, 0.05) is 22.3 Å². The van der Waals surface area contributed by atoms with Crippen molar-refractivity contribution in [1.82, 2.24) is 10.2 Å². The number of halogens is 1. The molecule has 2 aliphatic rings. The molecule has 0 aromatic heterocycles. The Kier molecular flexibility index (Phi) is 7.44. The van der Waals surface area contributed by atoms with Gasteiger partial charge in [-0.05, 0) is 37.8 Å². The molecule has 8 heteroatoms. The highest BCUT2D eigenvalue weighted by molar-refractivity contribution is 8.16. The minimum Gasteiger partial charge on any atom is -0.463 e. The summed E-state index contributed by atoms with van der Waals surface area (Å²) >= 11 is 8.09. The molecule has 1 amide bonds. The molecule has 0 fully saturated rings. The van der Waals surface area contributed by atoms with E-state index in [1.54, 1.807) is 13.0 Å². The van der Waals surface area contributed by atoms with E-state index in [1.165, 1.54) is 11.8 Å². The highest BCUT2D eigenvalue weighted by atomic mass is 35.5. The van der Waals surface area contributed by atoms with Crippen molar-refractivity contribution in [1.29, 1.82) is 0 Å². The van der Waals surface area contributed by atoms with Gasteiger partial charge in [-0.15, -0.1) is 0 Å². The molecule has 1 N–H and O–H groups in total. The molecule has 34 heavy (non-hydrogen) atoms. The monoisotopic (exact) mass is 495 g/mol. The molecule has 2 aliphatic heterocycles. The van der Waals surface area contributed by atoms with Gasteiger partial charge in [0.05, 0.1) is 30.3 Å². The zero-order valence-corrected chi connectivity index (χ0v) is 20.8. The molecule has 0 spiro atoms. The van der Waals surface area contributed by atoms with Crippen LogP contribution in [-0.2, 0) is 14.3 Å². The van der Waals surface area contributed by atoms with Gasteiger partial charge < -0.3 is 15.0 Å². The van der Waals surface area contributed by atoms with Gasteiger partial charge in [0.25, 0.3) is 0 Å². The Labute approximate surface area is 208 Å². The largest absolute Gasteiger partial charge is 0.463 e. The predicted octanol–water partition coefficient (Wildman–Crippen LogP) is 5.53. The number of rotatable bonds is 7. The molecule has 0 saturated heterocycles. The second-order valence-electron chi connectivity index (χ2n) is 8.16. The van der Waals surface area contributed by atoms with E-state index in [9.17, 15) is 9.59 Å². The van der Waals surface area contributed by atoms with Gasteiger partial charge >= 0.3 is 5.97 Å². The molecule has 2 aromatic rings. The molecular weight excluding hydrogens is 470 g/mol. The lowest BCUT2D eigenvalue weighted by Crippen LogP contribution is -2.39. The number of amidine groups is 1. The maximum atomic E-state index is 13.4. The van der Waals surface area contributed by atoms with Crippen molar-refractivity contribution < 1.29 is 14.3 Å². The first-order valence-corrected chi connectivity index (χ1v) is 12.4. The van der Waals surface area contributed by atoms with Gasteiger partial charge in [-0.3, -0.25) is 4.79 Å². The van der Waals surface area contributed by atoms with Crippen molar-refractivity contribution >= 4 is 46.1 Å². The molecule has 6 nitrogen and oxygen atoms in total. The summed E-state index contributed by atoms with van der Waals surface area (Å²) in [6.45, 7) is 5.84. The summed E-state index contributed by atoms with van der Waals surface area (Å²) in [7, 11) is 0. The predicted molar refractivity (Wildman–Crippen MR) is 137 cm³/mol. The molecule has 1 atom stereocenters. The molecule has 0 unspecified atom stereocenters. The first-order chi connectivity index (χ1) is 16.4. The van der Waals surface area contributed by atoms with E-state index in [0.29, 0.717) is 21.5 Å². The molecule has 4 rings (SSSR count). The number of fused-ring (bicyclic) bond motifs is 1. The van der Waals surface area contributed by atoms with Crippen LogP contribution in [0.25, 0.3) is 5.70 Å². The van der Waals surface area contributed by atoms with Gasteiger partial charge in [0.2, 0.25) is 5.91 Å². The molecule has 2 heterocycles. The smallest absolute Gasteiger partial charge is 0.338 e. The minimum absolute atomic E-state index is 0.0238. The van der Waals surface area contributed by atoms with E-state index >= 15 is 0 Å². The Bertz CT molecular complexity index is 1190. The number of hydrogen-bond acceptors (Lipinski definition) is 6. The number of esters is 1. The highest BCUT2D eigenvalue weighted by Gasteiger charge is 2.43. The Morgan fingerprint density at radius 3 is 2.53 bits per heavy atom. The molecule has 0 saturated carbocycles. The zero-order valence-electron chi connectivity index (χ0n) is 19.2. The lowest BCUT2D eigenvalue weighted by Gasteiger charge is -2.37. The maximum Gasteiger partial charge on any atom is 0.338 e. The quantitative estimate of drug-likeness (QED) is 0.511. The standard InChI is InChI=1S/C26H26ClN3O3S/c1-4-33-25(32)22-23(17-10-6-5-7-11-17)29-26-30(24(22)19-12-8-9-13-20(19)27)18(15-34-26)14-21(31)28-16(2)3/h5-13,15-16,24H,4,14H2,1-3H3,(H,28,31)/t24-/m0/s1. The lowest BCUT2D eigenvalue weighted by atomic mass is 9.91. The second kappa shape index (κ2) is 10.5. The molecule has 0 radical (unpaired) electrons. The van der Waals surface area contributed by atoms with Crippen LogP contribution in [0.1, 0.15) is 44.4 Å². The Balaban J connectivity index is 1.89. The summed E-state index contributed by atoms with van der Waals surface area (Å²) < 4.78 is 5.50. The Morgan fingerprint density at radius 2 is 1.85 bits per heavy atom. The van der Waals surface area contributed by atoms with Crippen LogP contribution in [0.3, 0.4) is 0 Å². The van der Waals surface area contributed by atoms with Crippen LogP contribution in [0.15, 0.2) is 76.3 Å². The van der Waals surface area contributed by atoms with Gasteiger partial charge in [-0.2, -0.15) is 0 Å². The first kappa shape index (κ1) is 24.1. The number of aliphatic imine (C=N–C) groups is 1. The SMILES string of the molecule is CCOC(=O)C1=C(c2ccccc2)N=C2SC=C(CC(=O)NC(C)C)N2[C@H]1c1ccccc1Cl. The van der Waals surface area contributed by atoms with Crippen molar-refractivity contribution in [3.05, 3.63) is 87.4 Å². The summed E-state index contributed by atoms with van der Waals surface area (Å²) in [5.41, 5.74) is 3.24. The average molecular weight is 496 g/mol. The van der Waals surface area contributed by atoms with Crippen LogP contribution in [0, 0.1) is 0 Å². The molecular formula is C26H26ClN3O3S. The van der Waals surface area contributed by atoms with E-state index in [0.717, 1.165) is 16.8 Å². The fraction of sp³-hybridized carbons (Fsp3) is 0.269. The fourth-order valence-corrected chi connectivity index (χ4v) is 5.17. The number of benzene rings is 2. The van der Waals surface area contributed by atoms with Crippen molar-refractivity contribution in [2.45, 2.75) is 39.3 Å². The Hall–Kier alpha value is -3.03. The van der Waals surface area contributed by atoms with Crippen molar-refractivity contribution in [3.8, 4) is 0 Å². The van der Waals surface area contributed by atoms with Crippen LogP contribution in [0.5, 0.6) is 0 Å². The van der Waals surface area contributed by atoms with Crippen molar-refractivity contribution in [2.24, 2.45) is 4.99 Å². The third-order valence-corrected chi connectivity index (χ3v) is 6.58. The number of thioether (sulfide) groups is 1. The van der Waals surface area contributed by atoms with E-state index in [2.05, 4.69) is 5.32 Å². The van der Waals surface area contributed by atoms with Crippen LogP contribution >= 0.6 is 23.4 Å². The number of carbonyl (C=O) groups is 2. The van der Waals surface area contributed by atoms with Crippen molar-refractivity contribution in [2.75, 3.05) is 6.61 Å². The zero-order chi connectivity index (χ0) is 24.2. The third kappa shape index (κ3) is 4.91. The average Bonchev–Trinajstić information content (AvgIpc) is 3.20. The number of nitrogens with zero attached hydrogens (tertiary/aromatic N) is 2. The van der Waals surface area contributed by atoms with Gasteiger partial charge in [-0.1, -0.05) is 71.9 Å². The molecule has 0 bridgehead atoms. The Morgan fingerprint density at radius 1 is 1.15 bits per heavy atom. The number of carbonyl (C=O) groups excluding carboxylic acids is 2. The van der Waals surface area contributed by atoms with Gasteiger partial charge in [0.15, 0.2) is 5.17 Å². The van der Waals surface area contributed by atoms with E-state index < -0.39 is 12.0 Å². The number of hydrogen-bond donors (Lipinski definition) is 1. The minimum atomic E-state index is -0.594. The summed E-state index contributed by atoms with van der Waals surface area (Å²) in [4.78, 5) is 32.9. The highest BCUT2D eigenvalue weighted by Crippen LogP contribution is 2.48. The number of amides is 1. The normalized spacial score (nSPS) is 17.3. The molecule has 0 aliphatic carbocycles. The maximum absolute atomic E-state index is 13.4. The number of ether oxygens (including phenoxy) is 1. The van der Waals surface area contributed by atoms with Crippen LogP contribution in [0.2, 0.25) is 5.02 Å². The summed E-state index contributed by atoms with van der Waals surface area (Å²) in [6.07, 6.45) is 0.155. The topological polar surface area (TPSA) is 71.0 Å². The van der Waals surface area contributed by atoms with Crippen LogP contribution < -0.4 is 5.32 Å². The summed E-state index contributed by atoms with van der Waals surface area (Å²) in [6, 6.07) is 16.4. The van der Waals surface area contributed by atoms with Gasteiger partial charge in [-0.25, -0.2) is 9.79 Å². The van der Waals surface area contributed by atoms with E-state index in [4.69, 9.17) is 21.3 Å². The first-order valence-electron chi connectivity index (χ1n) is 11.1. The second-order valence-corrected chi connectivity index (χ2v) is 9.41. The number of nitrogens with one attached hydrogen (secondary N) is 1.